The Hall–Kier alpha value is -5.01. The van der Waals surface area contributed by atoms with E-state index in [1.54, 1.807) is 55.5 Å². The number of benzene rings is 3. The van der Waals surface area contributed by atoms with Crippen molar-refractivity contribution in [2.24, 2.45) is 4.99 Å². The molecular weight excluding hydrogens is 643 g/mol. The number of anilines is 1. The van der Waals surface area contributed by atoms with Crippen LogP contribution in [0, 0.1) is 23.3 Å². The standard InChI is InChI=1S/C33H23F4N3O4S2/c1-17-26(31(41)39-20-7-4-3-5-8-20)29(24-9-6-12-45-24)40-32(42)25(46-33(40)38-17)14-18-10-11-23(43-2)19(13-18)16-44-30-27(36)21(34)15-22(35)28(30)37/h3-15,29H,16H2,1-2H3,(H,39,41). The third-order valence-corrected chi connectivity index (χ3v) is 9.06. The van der Waals surface area contributed by atoms with Crippen molar-refractivity contribution in [3.05, 3.63) is 142 Å². The van der Waals surface area contributed by atoms with E-state index in [2.05, 4.69) is 10.3 Å². The van der Waals surface area contributed by atoms with Gasteiger partial charge in [0.05, 0.1) is 22.9 Å². The number of methoxy groups -OCH3 is 1. The largest absolute Gasteiger partial charge is 0.496 e. The number of thiazole rings is 1. The summed E-state index contributed by atoms with van der Waals surface area (Å²) in [6.45, 7) is 1.23. The first-order chi connectivity index (χ1) is 22.2. The van der Waals surface area contributed by atoms with Crippen molar-refractivity contribution in [3.8, 4) is 11.5 Å². The monoisotopic (exact) mass is 665 g/mol. The van der Waals surface area contributed by atoms with E-state index in [1.807, 2.05) is 23.6 Å². The maximum absolute atomic E-state index is 14.2. The molecule has 0 fully saturated rings. The number of allylic oxidation sites excluding steroid dienone is 1. The molecule has 0 aliphatic carbocycles. The van der Waals surface area contributed by atoms with Gasteiger partial charge >= 0.3 is 0 Å². The molecule has 1 aliphatic heterocycles. The van der Waals surface area contributed by atoms with Gasteiger partial charge in [-0.2, -0.15) is 8.78 Å². The van der Waals surface area contributed by atoms with Gasteiger partial charge in [0.1, 0.15) is 18.4 Å². The minimum Gasteiger partial charge on any atom is -0.496 e. The average molecular weight is 666 g/mol. The normalized spacial score (nSPS) is 14.6. The second kappa shape index (κ2) is 12.8. The van der Waals surface area contributed by atoms with E-state index in [4.69, 9.17) is 9.47 Å². The van der Waals surface area contributed by atoms with Crippen LogP contribution in [0.1, 0.15) is 29.0 Å². The molecule has 2 aromatic heterocycles. The van der Waals surface area contributed by atoms with Crippen molar-refractivity contribution in [3.63, 3.8) is 0 Å². The second-order valence-corrected chi connectivity index (χ2v) is 12.1. The van der Waals surface area contributed by atoms with E-state index >= 15 is 0 Å². The second-order valence-electron chi connectivity index (χ2n) is 10.1. The molecule has 0 bridgehead atoms. The number of ether oxygens (including phenoxy) is 2. The predicted octanol–water partition coefficient (Wildman–Crippen LogP) is 6.08. The van der Waals surface area contributed by atoms with E-state index < -0.39 is 41.7 Å². The number of carbonyl (C=O) groups is 1. The molecule has 234 valence electrons. The zero-order chi connectivity index (χ0) is 32.5. The number of thiophene rings is 1. The first-order valence-electron chi connectivity index (χ1n) is 13.7. The Balaban J connectivity index is 1.38. The highest BCUT2D eigenvalue weighted by molar-refractivity contribution is 7.10. The molecule has 46 heavy (non-hydrogen) atoms. The fourth-order valence-corrected chi connectivity index (χ4v) is 6.90. The topological polar surface area (TPSA) is 81.9 Å². The molecule has 0 spiro atoms. The molecule has 3 aromatic carbocycles. The highest BCUT2D eigenvalue weighted by Crippen LogP contribution is 2.33. The van der Waals surface area contributed by atoms with Crippen LogP contribution in [0.25, 0.3) is 6.08 Å². The lowest BCUT2D eigenvalue weighted by Gasteiger charge is -2.24. The molecule has 1 amide bonds. The van der Waals surface area contributed by atoms with E-state index in [0.29, 0.717) is 37.4 Å². The highest BCUT2D eigenvalue weighted by atomic mass is 32.1. The van der Waals surface area contributed by atoms with Gasteiger partial charge in [-0.3, -0.25) is 14.2 Å². The lowest BCUT2D eigenvalue weighted by molar-refractivity contribution is -0.113. The van der Waals surface area contributed by atoms with Gasteiger partial charge in [0, 0.05) is 22.2 Å². The number of hydrogen-bond donors (Lipinski definition) is 1. The van der Waals surface area contributed by atoms with Gasteiger partial charge in [-0.05, 0) is 54.3 Å². The summed E-state index contributed by atoms with van der Waals surface area (Å²) in [5, 5.41) is 4.77. The van der Waals surface area contributed by atoms with Gasteiger partial charge in [0.15, 0.2) is 22.2 Å². The average Bonchev–Trinajstić information content (AvgIpc) is 3.68. The number of para-hydroxylation sites is 1. The van der Waals surface area contributed by atoms with Crippen LogP contribution in [0.3, 0.4) is 0 Å². The van der Waals surface area contributed by atoms with E-state index in [0.717, 1.165) is 16.2 Å². The van der Waals surface area contributed by atoms with Crippen LogP contribution in [0.4, 0.5) is 23.2 Å². The molecule has 1 atom stereocenters. The Morgan fingerprint density at radius 2 is 1.76 bits per heavy atom. The fraction of sp³-hybridized carbons (Fsp3) is 0.121. The molecule has 1 N–H and O–H groups in total. The summed E-state index contributed by atoms with van der Waals surface area (Å²) in [5.74, 6) is -7.83. The van der Waals surface area contributed by atoms with Crippen LogP contribution in [0.5, 0.6) is 11.5 Å². The third-order valence-electron chi connectivity index (χ3n) is 7.16. The van der Waals surface area contributed by atoms with Crippen LogP contribution in [-0.4, -0.2) is 17.6 Å². The van der Waals surface area contributed by atoms with Crippen LogP contribution < -0.4 is 29.7 Å². The Kier molecular flexibility index (Phi) is 8.61. The van der Waals surface area contributed by atoms with E-state index in [-0.39, 0.29) is 23.3 Å². The maximum Gasteiger partial charge on any atom is 0.271 e. The van der Waals surface area contributed by atoms with Crippen molar-refractivity contribution in [1.29, 1.82) is 0 Å². The molecule has 0 saturated carbocycles. The van der Waals surface area contributed by atoms with E-state index in [9.17, 15) is 27.2 Å². The van der Waals surface area contributed by atoms with Crippen LogP contribution >= 0.6 is 22.7 Å². The van der Waals surface area contributed by atoms with Gasteiger partial charge < -0.3 is 14.8 Å². The smallest absolute Gasteiger partial charge is 0.271 e. The number of halogens is 4. The number of hydrogen-bond acceptors (Lipinski definition) is 7. The fourth-order valence-electron chi connectivity index (χ4n) is 5.03. The summed E-state index contributed by atoms with van der Waals surface area (Å²) >= 11 is 2.54. The lowest BCUT2D eigenvalue weighted by atomic mass is 10.0. The Bertz CT molecular complexity index is 2150. The Morgan fingerprint density at radius 1 is 1.02 bits per heavy atom. The summed E-state index contributed by atoms with van der Waals surface area (Å²) in [6, 6.07) is 16.8. The molecule has 1 aliphatic rings. The number of amides is 1. The number of carbonyl (C=O) groups excluding carboxylic acids is 1. The van der Waals surface area contributed by atoms with Crippen molar-refractivity contribution in [1.82, 2.24) is 4.57 Å². The molecule has 6 rings (SSSR count). The van der Waals surface area contributed by atoms with Gasteiger partial charge in [0.25, 0.3) is 11.5 Å². The summed E-state index contributed by atoms with van der Waals surface area (Å²) in [7, 11) is 1.37. The summed E-state index contributed by atoms with van der Waals surface area (Å²) in [6.07, 6.45) is 1.60. The minimum absolute atomic E-state index is 0.0950. The first kappa shape index (κ1) is 31.0. The maximum atomic E-state index is 14.2. The number of rotatable bonds is 8. The van der Waals surface area contributed by atoms with Gasteiger partial charge in [-0.25, -0.2) is 13.8 Å². The molecule has 3 heterocycles. The van der Waals surface area contributed by atoms with Crippen molar-refractivity contribution < 1.29 is 31.8 Å². The predicted molar refractivity (Wildman–Crippen MR) is 167 cm³/mol. The molecule has 0 radical (unpaired) electrons. The molecule has 1 unspecified atom stereocenters. The van der Waals surface area contributed by atoms with Gasteiger partial charge in [-0.15, -0.1) is 11.3 Å². The van der Waals surface area contributed by atoms with Crippen molar-refractivity contribution >= 4 is 40.3 Å². The highest BCUT2D eigenvalue weighted by Gasteiger charge is 2.33. The van der Waals surface area contributed by atoms with Gasteiger partial charge in [-0.1, -0.05) is 41.7 Å². The number of nitrogens with one attached hydrogen (secondary N) is 1. The zero-order valence-electron chi connectivity index (χ0n) is 24.1. The summed E-state index contributed by atoms with van der Waals surface area (Å²) in [5.41, 5.74) is 1.82. The molecule has 7 nitrogen and oxygen atoms in total. The molecule has 13 heteroatoms. The van der Waals surface area contributed by atoms with Crippen LogP contribution in [-0.2, 0) is 11.4 Å². The quantitative estimate of drug-likeness (QED) is 0.161. The SMILES string of the molecule is COc1ccc(C=c2sc3n(c2=O)C(c2cccs2)C(C(=O)Nc2ccccc2)=C(C)N=3)cc1COc1c(F)c(F)cc(F)c1F. The summed E-state index contributed by atoms with van der Waals surface area (Å²) in [4.78, 5) is 33.3. The Morgan fingerprint density at radius 3 is 2.43 bits per heavy atom. The van der Waals surface area contributed by atoms with Crippen LogP contribution in [0.2, 0.25) is 0 Å². The molecule has 5 aromatic rings. The summed E-state index contributed by atoms with van der Waals surface area (Å²) < 4.78 is 68.0. The minimum atomic E-state index is -1.66. The van der Waals surface area contributed by atoms with Crippen molar-refractivity contribution in [2.45, 2.75) is 19.6 Å². The van der Waals surface area contributed by atoms with Gasteiger partial charge in [0.2, 0.25) is 11.6 Å². The Labute approximate surface area is 267 Å². The van der Waals surface area contributed by atoms with E-state index in [1.165, 1.54) is 23.0 Å². The zero-order valence-corrected chi connectivity index (χ0v) is 25.8. The number of aromatic nitrogens is 1. The number of nitrogens with zero attached hydrogens (tertiary/aromatic N) is 2. The number of fused-ring (bicyclic) bond motifs is 1. The molecular formula is C33H23F4N3O4S2. The molecule has 0 saturated heterocycles. The first-order valence-corrected chi connectivity index (χ1v) is 15.4. The third kappa shape index (κ3) is 5.86. The van der Waals surface area contributed by atoms with Crippen LogP contribution in [0.15, 0.2) is 93.2 Å². The lowest BCUT2D eigenvalue weighted by Crippen LogP contribution is -2.40. The van der Waals surface area contributed by atoms with Crippen molar-refractivity contribution in [2.75, 3.05) is 12.4 Å².